The molecule has 0 bridgehead atoms. The van der Waals surface area contributed by atoms with Gasteiger partial charge >= 0.3 is 0 Å². The smallest absolute Gasteiger partial charge is 0.264 e. The van der Waals surface area contributed by atoms with E-state index in [1.165, 1.54) is 0 Å². The molecule has 0 radical (unpaired) electrons. The zero-order valence-electron chi connectivity index (χ0n) is 15.7. The van der Waals surface area contributed by atoms with Gasteiger partial charge in [-0.15, -0.1) is 0 Å². The van der Waals surface area contributed by atoms with Gasteiger partial charge in [-0.3, -0.25) is 25.2 Å². The van der Waals surface area contributed by atoms with Crippen LogP contribution in [0.25, 0.3) is 0 Å². The van der Waals surface area contributed by atoms with Crippen molar-refractivity contribution < 1.29 is 23.9 Å². The Morgan fingerprint density at radius 2 is 1.52 bits per heavy atom. The van der Waals surface area contributed by atoms with Gasteiger partial charge in [0.05, 0.1) is 25.2 Å². The fourth-order valence-electron chi connectivity index (χ4n) is 2.21. The average molecular weight is 396 g/mol. The van der Waals surface area contributed by atoms with Crippen LogP contribution in [-0.2, 0) is 25.5 Å². The Morgan fingerprint density at radius 3 is 2.14 bits per heavy atom. The second kappa shape index (κ2) is 11.1. The number of hydrogen-bond donors (Lipinski definition) is 3. The van der Waals surface area contributed by atoms with Gasteiger partial charge in [0.2, 0.25) is 11.8 Å². The van der Waals surface area contributed by atoms with E-state index >= 15 is 0 Å². The number of carbonyl (C=O) groups is 3. The molecule has 0 aliphatic rings. The van der Waals surface area contributed by atoms with Crippen LogP contribution in [0.15, 0.2) is 48.5 Å². The van der Waals surface area contributed by atoms with Gasteiger partial charge in [0.1, 0.15) is 19.0 Å². The second-order valence-electron chi connectivity index (χ2n) is 5.85. The van der Waals surface area contributed by atoms with E-state index in [0.29, 0.717) is 17.0 Å². The number of carbonyl (C=O) groups excluding carboxylic acids is 3. The minimum absolute atomic E-state index is 0.0815. The monoisotopic (exact) mass is 396 g/mol. The van der Waals surface area contributed by atoms with Crippen molar-refractivity contribution in [3.05, 3.63) is 59.7 Å². The van der Waals surface area contributed by atoms with Crippen molar-refractivity contribution in [2.45, 2.75) is 6.42 Å². The molecular formula is C20H20N4O5. The van der Waals surface area contributed by atoms with Crippen molar-refractivity contribution in [1.82, 2.24) is 10.9 Å². The number of nitrogens with one attached hydrogen (secondary N) is 3. The highest BCUT2D eigenvalue weighted by atomic mass is 16.5. The molecule has 0 aromatic heterocycles. The Hall–Kier alpha value is -3.90. The predicted octanol–water partition coefficient (Wildman–Crippen LogP) is 0.912. The second-order valence-corrected chi connectivity index (χ2v) is 5.85. The van der Waals surface area contributed by atoms with Crippen LogP contribution < -0.4 is 20.9 Å². The highest BCUT2D eigenvalue weighted by Crippen LogP contribution is 2.11. The number of methoxy groups -OCH3 is 1. The molecule has 150 valence electrons. The Morgan fingerprint density at radius 1 is 0.897 bits per heavy atom. The highest BCUT2D eigenvalue weighted by Gasteiger charge is 2.08. The zero-order valence-corrected chi connectivity index (χ0v) is 15.7. The summed E-state index contributed by atoms with van der Waals surface area (Å²) in [4.78, 5) is 35.2. The molecule has 3 N–H and O–H groups in total. The maximum atomic E-state index is 11.8. The summed E-state index contributed by atoms with van der Waals surface area (Å²) in [5, 5.41) is 11.3. The minimum Gasteiger partial charge on any atom is -0.497 e. The molecule has 0 heterocycles. The molecule has 0 fully saturated rings. The average Bonchev–Trinajstić information content (AvgIpc) is 2.73. The fraction of sp³-hybridized carbons (Fsp3) is 0.200. The van der Waals surface area contributed by atoms with Crippen LogP contribution >= 0.6 is 0 Å². The summed E-state index contributed by atoms with van der Waals surface area (Å²) in [6.07, 6.45) is 0.0815. The molecule has 0 saturated heterocycles. The number of hydrazine groups is 1. The van der Waals surface area contributed by atoms with Gasteiger partial charge in [0.25, 0.3) is 5.91 Å². The van der Waals surface area contributed by atoms with E-state index in [1.807, 2.05) is 6.07 Å². The van der Waals surface area contributed by atoms with Crippen molar-refractivity contribution in [3.8, 4) is 11.8 Å². The Balaban J connectivity index is 1.62. The van der Waals surface area contributed by atoms with Crippen LogP contribution in [0.3, 0.4) is 0 Å². The van der Waals surface area contributed by atoms with Gasteiger partial charge in [-0.2, -0.15) is 5.26 Å². The lowest BCUT2D eigenvalue weighted by atomic mass is 10.1. The molecule has 2 aromatic rings. The molecular weight excluding hydrogens is 376 g/mol. The van der Waals surface area contributed by atoms with E-state index in [9.17, 15) is 14.4 Å². The Labute approximate surface area is 167 Å². The number of benzene rings is 2. The Bertz CT molecular complexity index is 889. The predicted molar refractivity (Wildman–Crippen MR) is 104 cm³/mol. The molecule has 0 aliphatic heterocycles. The number of anilines is 1. The first-order valence-electron chi connectivity index (χ1n) is 8.58. The zero-order chi connectivity index (χ0) is 21.1. The summed E-state index contributed by atoms with van der Waals surface area (Å²) in [5.74, 6) is -0.768. The molecule has 0 atom stereocenters. The molecule has 29 heavy (non-hydrogen) atoms. The summed E-state index contributed by atoms with van der Waals surface area (Å²) in [6.45, 7) is -0.739. The first-order chi connectivity index (χ1) is 14.0. The molecule has 0 saturated carbocycles. The van der Waals surface area contributed by atoms with Gasteiger partial charge in [0, 0.05) is 5.69 Å². The van der Waals surface area contributed by atoms with Crippen molar-refractivity contribution in [3.63, 3.8) is 0 Å². The lowest BCUT2D eigenvalue weighted by Gasteiger charge is -2.09. The van der Waals surface area contributed by atoms with E-state index in [0.717, 1.165) is 5.56 Å². The van der Waals surface area contributed by atoms with Crippen LogP contribution in [0, 0.1) is 11.3 Å². The summed E-state index contributed by atoms with van der Waals surface area (Å²) < 4.78 is 10.0. The van der Waals surface area contributed by atoms with Crippen LogP contribution in [0.4, 0.5) is 5.69 Å². The third-order valence-electron chi connectivity index (χ3n) is 3.63. The number of rotatable bonds is 8. The first kappa shape index (κ1) is 21.4. The topological polar surface area (TPSA) is 130 Å². The highest BCUT2D eigenvalue weighted by molar-refractivity contribution is 5.92. The number of ether oxygens (including phenoxy) is 2. The van der Waals surface area contributed by atoms with Crippen LogP contribution in [0.2, 0.25) is 0 Å². The number of nitriles is 1. The molecule has 9 nitrogen and oxygen atoms in total. The van der Waals surface area contributed by atoms with E-state index in [1.54, 1.807) is 55.6 Å². The molecule has 0 spiro atoms. The largest absolute Gasteiger partial charge is 0.497 e. The summed E-state index contributed by atoms with van der Waals surface area (Å²) in [5.41, 5.74) is 6.22. The van der Waals surface area contributed by atoms with Gasteiger partial charge < -0.3 is 14.8 Å². The van der Waals surface area contributed by atoms with E-state index in [2.05, 4.69) is 16.2 Å². The third kappa shape index (κ3) is 7.70. The van der Waals surface area contributed by atoms with Crippen LogP contribution in [-0.4, -0.2) is 38.0 Å². The van der Waals surface area contributed by atoms with Crippen molar-refractivity contribution in [2.24, 2.45) is 0 Å². The van der Waals surface area contributed by atoms with Crippen molar-refractivity contribution >= 4 is 23.4 Å². The van der Waals surface area contributed by atoms with Crippen molar-refractivity contribution in [1.29, 1.82) is 5.26 Å². The van der Waals surface area contributed by atoms with Gasteiger partial charge in [-0.25, -0.2) is 0 Å². The quantitative estimate of drug-likeness (QED) is 0.569. The standard InChI is InChI=1S/C20H20N4O5/c1-28-17-8-4-14(5-9-17)10-18(25)23-24-20(27)13-29-12-19(26)22-16-6-2-15(11-21)3-7-16/h2-9H,10,12-13H2,1H3,(H,22,26)(H,23,25)(H,24,27). The molecule has 0 unspecified atom stereocenters. The van der Waals surface area contributed by atoms with Gasteiger partial charge in [0.15, 0.2) is 0 Å². The fourth-order valence-corrected chi connectivity index (χ4v) is 2.21. The van der Waals surface area contributed by atoms with Gasteiger partial charge in [-0.05, 0) is 42.0 Å². The summed E-state index contributed by atoms with van der Waals surface area (Å²) >= 11 is 0. The maximum absolute atomic E-state index is 11.8. The van der Waals surface area contributed by atoms with Crippen LogP contribution in [0.5, 0.6) is 5.75 Å². The first-order valence-corrected chi connectivity index (χ1v) is 8.58. The maximum Gasteiger partial charge on any atom is 0.264 e. The van der Waals surface area contributed by atoms with Crippen molar-refractivity contribution in [2.75, 3.05) is 25.6 Å². The lowest BCUT2D eigenvalue weighted by Crippen LogP contribution is -2.44. The normalized spacial score (nSPS) is 9.79. The molecule has 0 aliphatic carbocycles. The minimum atomic E-state index is -0.598. The summed E-state index contributed by atoms with van der Waals surface area (Å²) in [7, 11) is 1.55. The van der Waals surface area contributed by atoms with Gasteiger partial charge in [-0.1, -0.05) is 12.1 Å². The van der Waals surface area contributed by atoms with E-state index in [4.69, 9.17) is 14.7 Å². The number of amides is 3. The lowest BCUT2D eigenvalue weighted by molar-refractivity contribution is -0.133. The molecule has 2 aromatic carbocycles. The summed E-state index contributed by atoms with van der Waals surface area (Å²) in [6, 6.07) is 15.2. The van der Waals surface area contributed by atoms with E-state index < -0.39 is 24.3 Å². The third-order valence-corrected chi connectivity index (χ3v) is 3.63. The number of hydrogen-bond acceptors (Lipinski definition) is 6. The van der Waals surface area contributed by atoms with E-state index in [-0.39, 0.29) is 13.0 Å². The molecule has 9 heteroatoms. The SMILES string of the molecule is COc1ccc(CC(=O)NNC(=O)COCC(=O)Nc2ccc(C#N)cc2)cc1. The molecule has 3 amide bonds. The molecule has 2 rings (SSSR count). The Kier molecular flexibility index (Phi) is 8.16. The van der Waals surface area contributed by atoms with Crippen LogP contribution in [0.1, 0.15) is 11.1 Å². The number of nitrogens with zero attached hydrogens (tertiary/aromatic N) is 1.